The first-order chi connectivity index (χ1) is 9.90. The van der Waals surface area contributed by atoms with E-state index in [2.05, 4.69) is 17.2 Å². The van der Waals surface area contributed by atoms with Crippen molar-refractivity contribution in [3.8, 4) is 0 Å². The van der Waals surface area contributed by atoms with Crippen LogP contribution in [0.2, 0.25) is 0 Å². The summed E-state index contributed by atoms with van der Waals surface area (Å²) in [5.74, 6) is 0.577. The Hall–Kier alpha value is -0.250. The lowest BCUT2D eigenvalue weighted by molar-refractivity contribution is -0.143. The molecule has 1 fully saturated rings. The molecule has 0 aliphatic carbocycles. The number of aliphatic imine (C=N–C) groups is 1. The van der Waals surface area contributed by atoms with Crippen molar-refractivity contribution in [3.63, 3.8) is 0 Å². The number of nitrogens with two attached hydrogens (primary N) is 1. The van der Waals surface area contributed by atoms with Crippen molar-refractivity contribution < 1.29 is 13.2 Å². The molecule has 0 aromatic rings. The fourth-order valence-corrected chi connectivity index (χ4v) is 2.51. The predicted molar refractivity (Wildman–Crippen MR) is 94.7 cm³/mol. The summed E-state index contributed by atoms with van der Waals surface area (Å²) in [7, 11) is 0. The Kier molecular flexibility index (Phi) is 11.2. The van der Waals surface area contributed by atoms with Crippen LogP contribution in [0.15, 0.2) is 4.99 Å². The summed E-state index contributed by atoms with van der Waals surface area (Å²) in [6, 6.07) is 0. The van der Waals surface area contributed by atoms with Crippen LogP contribution < -0.4 is 11.1 Å². The minimum atomic E-state index is -4.11. The molecular formula is C14H28F3IN4. The highest BCUT2D eigenvalue weighted by Crippen LogP contribution is 2.22. The Morgan fingerprint density at radius 3 is 2.68 bits per heavy atom. The smallest absolute Gasteiger partial charge is 0.370 e. The minimum Gasteiger partial charge on any atom is -0.370 e. The summed E-state index contributed by atoms with van der Waals surface area (Å²) in [6.45, 7) is 3.59. The summed E-state index contributed by atoms with van der Waals surface area (Å²) in [4.78, 5) is 5.67. The van der Waals surface area contributed by atoms with Crippen molar-refractivity contribution in [3.05, 3.63) is 0 Å². The van der Waals surface area contributed by atoms with Gasteiger partial charge in [-0.25, -0.2) is 0 Å². The molecule has 22 heavy (non-hydrogen) atoms. The quantitative estimate of drug-likeness (QED) is 0.266. The maximum absolute atomic E-state index is 12.3. The van der Waals surface area contributed by atoms with E-state index >= 15 is 0 Å². The van der Waals surface area contributed by atoms with Gasteiger partial charge in [0, 0.05) is 19.6 Å². The molecule has 0 aromatic carbocycles. The Balaban J connectivity index is 0.00000441. The van der Waals surface area contributed by atoms with E-state index in [9.17, 15) is 13.2 Å². The van der Waals surface area contributed by atoms with Gasteiger partial charge in [0.25, 0.3) is 0 Å². The average Bonchev–Trinajstić information content (AvgIpc) is 2.81. The molecule has 0 spiro atoms. The zero-order valence-corrected chi connectivity index (χ0v) is 15.5. The van der Waals surface area contributed by atoms with Crippen LogP contribution in [0.4, 0.5) is 13.2 Å². The van der Waals surface area contributed by atoms with Gasteiger partial charge in [-0.05, 0) is 25.3 Å². The highest BCUT2D eigenvalue weighted by atomic mass is 127. The number of guanidine groups is 1. The summed E-state index contributed by atoms with van der Waals surface area (Å²) < 4.78 is 36.8. The van der Waals surface area contributed by atoms with Crippen molar-refractivity contribution in [1.29, 1.82) is 0 Å². The van der Waals surface area contributed by atoms with Gasteiger partial charge in [-0.15, -0.1) is 24.0 Å². The third-order valence-electron chi connectivity index (χ3n) is 3.63. The number of unbranched alkanes of at least 4 members (excludes halogenated alkanes) is 3. The second-order valence-corrected chi connectivity index (χ2v) is 5.72. The predicted octanol–water partition coefficient (Wildman–Crippen LogP) is 2.97. The summed E-state index contributed by atoms with van der Waals surface area (Å²) in [5.41, 5.74) is 5.75. The molecule has 132 valence electrons. The molecule has 1 atom stereocenters. The van der Waals surface area contributed by atoms with E-state index in [1.807, 2.05) is 0 Å². The van der Waals surface area contributed by atoms with Gasteiger partial charge < -0.3 is 11.1 Å². The molecule has 0 radical (unpaired) electrons. The van der Waals surface area contributed by atoms with Crippen LogP contribution in [0.25, 0.3) is 0 Å². The van der Waals surface area contributed by atoms with Crippen LogP contribution in [-0.2, 0) is 0 Å². The molecule has 1 saturated heterocycles. The molecule has 3 N–H and O–H groups in total. The topological polar surface area (TPSA) is 53.6 Å². The Bertz CT molecular complexity index is 324. The molecule has 0 bridgehead atoms. The fraction of sp³-hybridized carbons (Fsp3) is 0.929. The number of alkyl halides is 3. The number of nitrogens with one attached hydrogen (secondary N) is 1. The standard InChI is InChI=1S/C14H27F3N4.HI/c1-2-3-4-5-7-19-13(18)20-9-12-6-8-21(10-12)11-14(15,16)17;/h12H,2-11H2,1H3,(H3,18,19,20);1H. The molecule has 0 saturated carbocycles. The van der Waals surface area contributed by atoms with E-state index in [0.29, 0.717) is 25.6 Å². The number of nitrogens with zero attached hydrogens (tertiary/aromatic N) is 2. The third-order valence-corrected chi connectivity index (χ3v) is 3.63. The molecule has 1 aliphatic heterocycles. The van der Waals surface area contributed by atoms with E-state index in [1.54, 1.807) is 0 Å². The first-order valence-corrected chi connectivity index (χ1v) is 7.73. The molecule has 0 amide bonds. The van der Waals surface area contributed by atoms with Gasteiger partial charge in [0.15, 0.2) is 5.96 Å². The zero-order chi connectivity index (χ0) is 15.7. The van der Waals surface area contributed by atoms with Crippen LogP contribution in [0.1, 0.15) is 39.0 Å². The first-order valence-electron chi connectivity index (χ1n) is 7.73. The number of likely N-dealkylation sites (tertiary alicyclic amines) is 1. The lowest BCUT2D eigenvalue weighted by Crippen LogP contribution is -2.34. The maximum Gasteiger partial charge on any atom is 0.401 e. The van der Waals surface area contributed by atoms with Gasteiger partial charge in [0.1, 0.15) is 0 Å². The van der Waals surface area contributed by atoms with E-state index in [4.69, 9.17) is 5.73 Å². The number of halogens is 4. The summed E-state index contributed by atoms with van der Waals surface area (Å²) in [6.07, 6.45) is 1.29. The van der Waals surface area contributed by atoms with E-state index in [1.165, 1.54) is 24.2 Å². The Morgan fingerprint density at radius 2 is 2.05 bits per heavy atom. The SMILES string of the molecule is CCCCCCNC(N)=NCC1CCN(CC(F)(F)F)C1.I. The molecule has 8 heteroatoms. The zero-order valence-electron chi connectivity index (χ0n) is 13.2. The average molecular weight is 436 g/mol. The molecule has 1 rings (SSSR count). The van der Waals surface area contributed by atoms with Crippen LogP contribution in [0.5, 0.6) is 0 Å². The molecule has 1 heterocycles. The maximum atomic E-state index is 12.3. The first kappa shape index (κ1) is 21.8. The molecular weight excluding hydrogens is 408 g/mol. The Labute approximate surface area is 148 Å². The molecule has 1 aliphatic rings. The lowest BCUT2D eigenvalue weighted by Gasteiger charge is -2.17. The van der Waals surface area contributed by atoms with Gasteiger partial charge in [0.05, 0.1) is 6.54 Å². The van der Waals surface area contributed by atoms with Gasteiger partial charge in [-0.1, -0.05) is 26.2 Å². The van der Waals surface area contributed by atoms with Gasteiger partial charge in [-0.2, -0.15) is 13.2 Å². The van der Waals surface area contributed by atoms with E-state index < -0.39 is 12.7 Å². The highest BCUT2D eigenvalue weighted by Gasteiger charge is 2.34. The van der Waals surface area contributed by atoms with E-state index in [-0.39, 0.29) is 29.9 Å². The summed E-state index contributed by atoms with van der Waals surface area (Å²) in [5, 5.41) is 3.05. The van der Waals surface area contributed by atoms with Crippen molar-refractivity contribution in [2.45, 2.75) is 45.2 Å². The van der Waals surface area contributed by atoms with Gasteiger partial charge >= 0.3 is 6.18 Å². The third kappa shape index (κ3) is 10.5. The number of hydrogen-bond acceptors (Lipinski definition) is 2. The fourth-order valence-electron chi connectivity index (χ4n) is 2.51. The van der Waals surface area contributed by atoms with Gasteiger partial charge in [-0.3, -0.25) is 9.89 Å². The second-order valence-electron chi connectivity index (χ2n) is 5.72. The normalized spacial score (nSPS) is 20.0. The van der Waals surface area contributed by atoms with Crippen molar-refractivity contribution in [1.82, 2.24) is 10.2 Å². The lowest BCUT2D eigenvalue weighted by atomic mass is 10.1. The highest BCUT2D eigenvalue weighted by molar-refractivity contribution is 14.0. The van der Waals surface area contributed by atoms with Crippen molar-refractivity contribution >= 4 is 29.9 Å². The van der Waals surface area contributed by atoms with Gasteiger partial charge in [0.2, 0.25) is 0 Å². The Morgan fingerprint density at radius 1 is 1.32 bits per heavy atom. The van der Waals surface area contributed by atoms with Crippen LogP contribution in [0.3, 0.4) is 0 Å². The number of rotatable bonds is 8. The van der Waals surface area contributed by atoms with Crippen LogP contribution in [0, 0.1) is 5.92 Å². The second kappa shape index (κ2) is 11.3. The monoisotopic (exact) mass is 436 g/mol. The molecule has 0 aromatic heterocycles. The molecule has 1 unspecified atom stereocenters. The van der Waals surface area contributed by atoms with Crippen LogP contribution >= 0.6 is 24.0 Å². The summed E-state index contributed by atoms with van der Waals surface area (Å²) >= 11 is 0. The van der Waals surface area contributed by atoms with Crippen molar-refractivity contribution in [2.75, 3.05) is 32.7 Å². The van der Waals surface area contributed by atoms with Crippen molar-refractivity contribution in [2.24, 2.45) is 16.6 Å². The van der Waals surface area contributed by atoms with Crippen LogP contribution in [-0.4, -0.2) is 49.8 Å². The molecule has 4 nitrogen and oxygen atoms in total. The largest absolute Gasteiger partial charge is 0.401 e. The minimum absolute atomic E-state index is 0. The number of hydrogen-bond donors (Lipinski definition) is 2. The van der Waals surface area contributed by atoms with E-state index in [0.717, 1.165) is 19.4 Å².